The van der Waals surface area contributed by atoms with Crippen molar-refractivity contribution in [3.63, 3.8) is 0 Å². The van der Waals surface area contributed by atoms with Crippen molar-refractivity contribution in [1.29, 1.82) is 0 Å². The van der Waals surface area contributed by atoms with E-state index in [0.717, 1.165) is 47.0 Å². The third-order valence-corrected chi connectivity index (χ3v) is 5.62. The van der Waals surface area contributed by atoms with Crippen LogP contribution in [0.25, 0.3) is 10.9 Å². The second kappa shape index (κ2) is 8.34. The van der Waals surface area contributed by atoms with Crippen molar-refractivity contribution in [2.24, 2.45) is 0 Å². The number of aromatic nitrogens is 1. The topological polar surface area (TPSA) is 39.2 Å². The summed E-state index contributed by atoms with van der Waals surface area (Å²) in [5.41, 5.74) is 4.26. The van der Waals surface area contributed by atoms with Crippen LogP contribution in [-0.2, 0) is 16.8 Å². The third-order valence-electron chi connectivity index (χ3n) is 5.62. The first-order valence-electron chi connectivity index (χ1n) is 9.64. The summed E-state index contributed by atoms with van der Waals surface area (Å²) in [5, 5.41) is 1.13. The van der Waals surface area contributed by atoms with E-state index in [2.05, 4.69) is 43.1 Å². The van der Waals surface area contributed by atoms with Gasteiger partial charge in [0.25, 0.3) is 0 Å². The molecule has 0 spiro atoms. The number of benzene rings is 2. The molecule has 0 N–H and O–H groups in total. The van der Waals surface area contributed by atoms with E-state index in [0.29, 0.717) is 13.0 Å². The molecule has 0 radical (unpaired) electrons. The molecule has 0 aliphatic heterocycles. The van der Waals surface area contributed by atoms with Gasteiger partial charge in [-0.15, -0.1) is 0 Å². The number of aldehydes is 1. The van der Waals surface area contributed by atoms with Crippen LogP contribution in [0.15, 0.2) is 54.6 Å². The van der Waals surface area contributed by atoms with Gasteiger partial charge in [0.15, 0.2) is 0 Å². The highest BCUT2D eigenvalue weighted by Crippen LogP contribution is 2.35. The second-order valence-corrected chi connectivity index (χ2v) is 7.11. The number of rotatable bonds is 8. The van der Waals surface area contributed by atoms with Crippen LogP contribution in [0.5, 0.6) is 5.75 Å². The molecule has 0 saturated carbocycles. The molecule has 1 aromatic heterocycles. The molecular formula is C24H27NO2. The third kappa shape index (κ3) is 4.02. The van der Waals surface area contributed by atoms with Crippen LogP contribution in [0, 0.1) is 6.92 Å². The Hall–Kier alpha value is -2.68. The van der Waals surface area contributed by atoms with Crippen molar-refractivity contribution in [3.05, 3.63) is 71.4 Å². The molecule has 140 valence electrons. The molecule has 0 fully saturated rings. The maximum absolute atomic E-state index is 11.1. The van der Waals surface area contributed by atoms with Crippen molar-refractivity contribution in [2.75, 3.05) is 0 Å². The molecule has 0 aliphatic carbocycles. The van der Waals surface area contributed by atoms with Gasteiger partial charge in [-0.25, -0.2) is 0 Å². The summed E-state index contributed by atoms with van der Waals surface area (Å²) in [6, 6.07) is 18.4. The normalized spacial score (nSPS) is 11.5. The van der Waals surface area contributed by atoms with Crippen LogP contribution in [-0.4, -0.2) is 11.3 Å². The molecule has 27 heavy (non-hydrogen) atoms. The van der Waals surface area contributed by atoms with Gasteiger partial charge in [-0.2, -0.15) is 0 Å². The molecule has 0 aliphatic rings. The zero-order chi connectivity index (χ0) is 19.3. The summed E-state index contributed by atoms with van der Waals surface area (Å²) in [4.78, 5) is 15.7. The van der Waals surface area contributed by atoms with Gasteiger partial charge in [-0.3, -0.25) is 4.98 Å². The van der Waals surface area contributed by atoms with Gasteiger partial charge in [-0.05, 0) is 49.6 Å². The molecule has 0 bridgehead atoms. The fourth-order valence-corrected chi connectivity index (χ4v) is 3.80. The van der Waals surface area contributed by atoms with Crippen LogP contribution in [0.3, 0.4) is 0 Å². The van der Waals surface area contributed by atoms with Crippen molar-refractivity contribution < 1.29 is 9.53 Å². The maximum Gasteiger partial charge on any atom is 0.120 e. The van der Waals surface area contributed by atoms with Gasteiger partial charge >= 0.3 is 0 Å². The van der Waals surface area contributed by atoms with Crippen LogP contribution in [0.1, 0.15) is 49.9 Å². The summed E-state index contributed by atoms with van der Waals surface area (Å²) in [6.45, 7) is 6.81. The van der Waals surface area contributed by atoms with Crippen molar-refractivity contribution in [1.82, 2.24) is 4.98 Å². The lowest BCUT2D eigenvalue weighted by Crippen LogP contribution is -2.24. The van der Waals surface area contributed by atoms with Crippen LogP contribution < -0.4 is 4.74 Å². The Bertz CT molecular complexity index is 911. The molecular weight excluding hydrogens is 334 g/mol. The van der Waals surface area contributed by atoms with Gasteiger partial charge in [0, 0.05) is 28.5 Å². The highest BCUT2D eigenvalue weighted by molar-refractivity contribution is 5.82. The second-order valence-electron chi connectivity index (χ2n) is 7.11. The van der Waals surface area contributed by atoms with Gasteiger partial charge in [0.2, 0.25) is 0 Å². The monoisotopic (exact) mass is 361 g/mol. The van der Waals surface area contributed by atoms with Gasteiger partial charge in [0.05, 0.1) is 5.52 Å². The molecule has 2 aromatic carbocycles. The smallest absolute Gasteiger partial charge is 0.120 e. The Labute approximate surface area is 161 Å². The summed E-state index contributed by atoms with van der Waals surface area (Å²) in [6.07, 6.45) is 3.49. The van der Waals surface area contributed by atoms with Crippen LogP contribution in [0.4, 0.5) is 0 Å². The first-order chi connectivity index (χ1) is 13.1. The zero-order valence-corrected chi connectivity index (χ0v) is 16.4. The highest BCUT2D eigenvalue weighted by atomic mass is 16.5. The summed E-state index contributed by atoms with van der Waals surface area (Å²) >= 11 is 0. The zero-order valence-electron chi connectivity index (χ0n) is 16.4. The number of hydrogen-bond acceptors (Lipinski definition) is 3. The number of ether oxygens (including phenoxy) is 1. The Kier molecular flexibility index (Phi) is 5.90. The van der Waals surface area contributed by atoms with Gasteiger partial charge in [0.1, 0.15) is 18.6 Å². The van der Waals surface area contributed by atoms with E-state index in [1.807, 2.05) is 37.3 Å². The molecule has 3 heteroatoms. The van der Waals surface area contributed by atoms with E-state index in [9.17, 15) is 4.79 Å². The Morgan fingerprint density at radius 1 is 1.04 bits per heavy atom. The lowest BCUT2D eigenvalue weighted by molar-refractivity contribution is -0.109. The average Bonchev–Trinajstić information content (AvgIpc) is 2.70. The van der Waals surface area contributed by atoms with E-state index >= 15 is 0 Å². The number of carbonyl (C=O) groups excluding carboxylic acids is 1. The van der Waals surface area contributed by atoms with E-state index < -0.39 is 0 Å². The molecule has 0 unspecified atom stereocenters. The summed E-state index contributed by atoms with van der Waals surface area (Å²) < 4.78 is 6.05. The molecule has 1 heterocycles. The summed E-state index contributed by atoms with van der Waals surface area (Å²) in [5.74, 6) is 0.838. The van der Waals surface area contributed by atoms with E-state index in [-0.39, 0.29) is 5.41 Å². The quantitative estimate of drug-likeness (QED) is 0.478. The lowest BCUT2D eigenvalue weighted by atomic mass is 9.74. The Morgan fingerprint density at radius 3 is 2.41 bits per heavy atom. The minimum absolute atomic E-state index is 0.0707. The minimum Gasteiger partial charge on any atom is -0.489 e. The van der Waals surface area contributed by atoms with Crippen molar-refractivity contribution in [3.8, 4) is 5.75 Å². The number of carbonyl (C=O) groups is 1. The molecule has 0 atom stereocenters. The predicted molar refractivity (Wildman–Crippen MR) is 110 cm³/mol. The summed E-state index contributed by atoms with van der Waals surface area (Å²) in [7, 11) is 0. The van der Waals surface area contributed by atoms with E-state index in [1.165, 1.54) is 5.56 Å². The Balaban J connectivity index is 1.79. The average molecular weight is 361 g/mol. The maximum atomic E-state index is 11.1. The number of pyridine rings is 1. The fraction of sp³-hybridized carbons (Fsp3) is 0.333. The van der Waals surface area contributed by atoms with Crippen molar-refractivity contribution in [2.45, 2.75) is 52.1 Å². The predicted octanol–water partition coefficient (Wildman–Crippen LogP) is 5.77. The molecule has 3 aromatic rings. The standard InChI is InChI=1S/C24H27NO2/c1-4-24(5-2,14-15-26)20-10-12-21(13-11-20)27-17-19-16-18(3)25-23-9-7-6-8-22(19)23/h6-13,15-16H,4-5,14,17H2,1-3H3. The number of para-hydroxylation sites is 1. The number of nitrogens with zero attached hydrogens (tertiary/aromatic N) is 1. The highest BCUT2D eigenvalue weighted by Gasteiger charge is 2.27. The number of aryl methyl sites for hydroxylation is 1. The number of fused-ring (bicyclic) bond motifs is 1. The molecule has 3 rings (SSSR count). The molecule has 3 nitrogen and oxygen atoms in total. The van der Waals surface area contributed by atoms with Gasteiger partial charge in [-0.1, -0.05) is 44.2 Å². The fourth-order valence-electron chi connectivity index (χ4n) is 3.80. The first kappa shape index (κ1) is 19.1. The first-order valence-corrected chi connectivity index (χ1v) is 9.64. The van der Waals surface area contributed by atoms with Gasteiger partial charge < -0.3 is 9.53 Å². The van der Waals surface area contributed by atoms with E-state index in [1.54, 1.807) is 0 Å². The Morgan fingerprint density at radius 2 is 1.74 bits per heavy atom. The largest absolute Gasteiger partial charge is 0.489 e. The van der Waals surface area contributed by atoms with Crippen LogP contribution in [0.2, 0.25) is 0 Å². The van der Waals surface area contributed by atoms with Crippen LogP contribution >= 0.6 is 0 Å². The molecule has 0 saturated heterocycles. The molecule has 0 amide bonds. The minimum atomic E-state index is -0.0707. The SMILES string of the molecule is CCC(CC)(CC=O)c1ccc(OCc2cc(C)nc3ccccc23)cc1. The lowest BCUT2D eigenvalue weighted by Gasteiger charge is -2.30. The number of hydrogen-bond donors (Lipinski definition) is 0. The van der Waals surface area contributed by atoms with Crippen molar-refractivity contribution >= 4 is 17.2 Å². The van der Waals surface area contributed by atoms with E-state index in [4.69, 9.17) is 4.74 Å².